The third kappa shape index (κ3) is 13.0. The van der Waals surface area contributed by atoms with E-state index in [1.807, 2.05) is 54.6 Å². The van der Waals surface area contributed by atoms with Crippen molar-refractivity contribution in [2.24, 2.45) is 11.5 Å². The molecule has 11 N–H and O–H groups in total. The van der Waals surface area contributed by atoms with Crippen molar-refractivity contribution >= 4 is 58.1 Å². The maximum absolute atomic E-state index is 13.9. The molecule has 0 aliphatic carbocycles. The van der Waals surface area contributed by atoms with E-state index in [0.29, 0.717) is 12.1 Å². The summed E-state index contributed by atoms with van der Waals surface area (Å²) in [6.45, 7) is 1.54. The zero-order valence-corrected chi connectivity index (χ0v) is 28.6. The Labute approximate surface area is 291 Å². The van der Waals surface area contributed by atoms with Gasteiger partial charge in [-0.1, -0.05) is 42.5 Å². The van der Waals surface area contributed by atoms with Gasteiger partial charge in [0.05, 0.1) is 6.33 Å². The molecule has 0 radical (unpaired) electrons. The predicted molar refractivity (Wildman–Crippen MR) is 187 cm³/mol. The van der Waals surface area contributed by atoms with Crippen LogP contribution in [0.3, 0.4) is 0 Å². The van der Waals surface area contributed by atoms with Crippen LogP contribution in [0.4, 0.5) is 0 Å². The van der Waals surface area contributed by atoms with Crippen LogP contribution in [-0.2, 0) is 43.2 Å². The molecule has 1 aromatic heterocycles. The largest absolute Gasteiger partial charge is 0.370 e. The van der Waals surface area contributed by atoms with Crippen LogP contribution in [0.2, 0.25) is 0 Å². The summed E-state index contributed by atoms with van der Waals surface area (Å²) in [5.74, 6) is -3.37. The fourth-order valence-electron chi connectivity index (χ4n) is 4.82. The Morgan fingerprint density at radius 2 is 1.35 bits per heavy atom. The Balaban J connectivity index is 1.85. The van der Waals surface area contributed by atoms with E-state index in [2.05, 4.69) is 59.1 Å². The maximum Gasteiger partial charge on any atom is 0.243 e. The number of aromatic nitrogens is 2. The topological polar surface area (TPSA) is 250 Å². The lowest BCUT2D eigenvalue weighted by Crippen LogP contribution is -2.59. The number of nitrogens with one attached hydrogen (secondary N) is 7. The number of rotatable bonds is 18. The average molecular weight is 773 g/mol. The zero-order chi connectivity index (χ0) is 35.1. The van der Waals surface area contributed by atoms with Gasteiger partial charge in [0.25, 0.3) is 0 Å². The molecule has 0 spiro atoms. The van der Waals surface area contributed by atoms with Crippen LogP contribution in [-0.4, -0.2) is 76.2 Å². The van der Waals surface area contributed by atoms with Gasteiger partial charge in [-0.15, -0.1) is 0 Å². The van der Waals surface area contributed by atoms with E-state index < -0.39 is 53.7 Å². The summed E-state index contributed by atoms with van der Waals surface area (Å²) in [4.78, 5) is 72.1. The molecule has 0 saturated carbocycles. The molecular formula is C32H41IN10O5. The molecule has 0 saturated heterocycles. The van der Waals surface area contributed by atoms with E-state index in [1.54, 1.807) is 0 Å². The van der Waals surface area contributed by atoms with E-state index in [1.165, 1.54) is 19.4 Å². The van der Waals surface area contributed by atoms with Gasteiger partial charge >= 0.3 is 0 Å². The van der Waals surface area contributed by atoms with Gasteiger partial charge in [0.2, 0.25) is 29.5 Å². The second kappa shape index (κ2) is 19.0. The number of imidazole rings is 1. The van der Waals surface area contributed by atoms with Crippen LogP contribution < -0.4 is 38.1 Å². The molecule has 0 aliphatic heterocycles. The van der Waals surface area contributed by atoms with E-state index in [9.17, 15) is 24.0 Å². The second-order valence-corrected chi connectivity index (χ2v) is 12.4. The van der Waals surface area contributed by atoms with Crippen molar-refractivity contribution in [3.05, 3.63) is 87.5 Å². The van der Waals surface area contributed by atoms with E-state index in [4.69, 9.17) is 16.9 Å². The Bertz CT molecular complexity index is 1540. The molecule has 1 heterocycles. The first-order valence-electron chi connectivity index (χ1n) is 15.2. The molecule has 15 nitrogen and oxygen atoms in total. The highest BCUT2D eigenvalue weighted by Gasteiger charge is 2.31. The van der Waals surface area contributed by atoms with Crippen molar-refractivity contribution in [2.45, 2.75) is 63.2 Å². The molecule has 0 fully saturated rings. The van der Waals surface area contributed by atoms with Crippen LogP contribution in [0, 0.1) is 8.98 Å². The lowest BCUT2D eigenvalue weighted by Gasteiger charge is -2.26. The first kappa shape index (κ1) is 37.5. The molecule has 16 heteroatoms. The van der Waals surface area contributed by atoms with E-state index >= 15 is 0 Å². The van der Waals surface area contributed by atoms with Crippen molar-refractivity contribution in [3.8, 4) is 0 Å². The number of aromatic amines is 1. The fourth-order valence-corrected chi connectivity index (χ4v) is 5.18. The number of primary amides is 1. The van der Waals surface area contributed by atoms with Crippen molar-refractivity contribution in [1.29, 1.82) is 5.41 Å². The Morgan fingerprint density at radius 1 is 0.792 bits per heavy atom. The zero-order valence-electron chi connectivity index (χ0n) is 26.4. The SMILES string of the molecule is CC(=O)NC(Cc1ccccc1)C(=O)N[C@@H](Cc1ccc(I)cc1)C(=O)N[C@H](CCCNC(=N)N)C(=O)N[C@H](Cc1cnc[nH]1)C(N)=O. The minimum absolute atomic E-state index is 0.0467. The molecule has 0 aliphatic rings. The molecule has 48 heavy (non-hydrogen) atoms. The summed E-state index contributed by atoms with van der Waals surface area (Å²) < 4.78 is 0.977. The number of amides is 5. The molecule has 2 aromatic carbocycles. The summed E-state index contributed by atoms with van der Waals surface area (Å²) in [6, 6.07) is 12.1. The Hall–Kier alpha value is -5.00. The van der Waals surface area contributed by atoms with Gasteiger partial charge < -0.3 is 43.0 Å². The highest BCUT2D eigenvalue weighted by molar-refractivity contribution is 14.1. The molecule has 4 atom stereocenters. The van der Waals surface area contributed by atoms with E-state index in [-0.39, 0.29) is 38.2 Å². The fraction of sp³-hybridized carbons (Fsp3) is 0.344. The number of nitrogens with zero attached hydrogens (tertiary/aromatic N) is 1. The molecule has 5 amide bonds. The van der Waals surface area contributed by atoms with Crippen molar-refractivity contribution < 1.29 is 24.0 Å². The van der Waals surface area contributed by atoms with Gasteiger partial charge in [0, 0.05) is 48.2 Å². The number of carbonyl (C=O) groups excluding carboxylic acids is 5. The summed E-state index contributed by atoms with van der Waals surface area (Å²) in [5.41, 5.74) is 13.1. The van der Waals surface area contributed by atoms with Crippen molar-refractivity contribution in [1.82, 2.24) is 36.6 Å². The number of hydrogen-bond donors (Lipinski definition) is 9. The lowest BCUT2D eigenvalue weighted by atomic mass is 10.0. The highest BCUT2D eigenvalue weighted by Crippen LogP contribution is 2.11. The van der Waals surface area contributed by atoms with Gasteiger partial charge in [0.15, 0.2) is 5.96 Å². The van der Waals surface area contributed by atoms with Gasteiger partial charge in [-0.2, -0.15) is 0 Å². The molecule has 1 unspecified atom stereocenters. The second-order valence-electron chi connectivity index (χ2n) is 11.1. The smallest absolute Gasteiger partial charge is 0.243 e. The Morgan fingerprint density at radius 3 is 1.92 bits per heavy atom. The standard InChI is InChI=1S/C32H41IN10O5/c1-19(44)40-26(14-20-6-3-2-4-7-20)30(47)43-27(15-21-9-11-22(33)12-10-21)31(48)41-24(8-5-13-38-32(35)36)29(46)42-25(28(34)45)16-23-17-37-18-39-23/h2-4,6-7,9-12,17-18,24-27H,5,8,13-16H2,1H3,(H2,34,45)(H,37,39)(H,40,44)(H,41,48)(H,42,46)(H,43,47)(H4,35,36,38)/t24-,25-,26?,27+/m1/s1. The van der Waals surface area contributed by atoms with Crippen LogP contribution in [0.15, 0.2) is 67.1 Å². The summed E-state index contributed by atoms with van der Waals surface area (Å²) in [7, 11) is 0. The number of H-pyrrole nitrogens is 1. The van der Waals surface area contributed by atoms with Crippen LogP contribution >= 0.6 is 22.6 Å². The predicted octanol–water partition coefficient (Wildman–Crippen LogP) is -0.250. The monoisotopic (exact) mass is 772 g/mol. The molecule has 3 rings (SSSR count). The number of guanidine groups is 1. The molecule has 256 valence electrons. The summed E-state index contributed by atoms with van der Waals surface area (Å²) >= 11 is 2.16. The normalized spacial score (nSPS) is 13.2. The van der Waals surface area contributed by atoms with Crippen LogP contribution in [0.1, 0.15) is 36.6 Å². The molecule has 0 bridgehead atoms. The quantitative estimate of drug-likeness (QED) is 0.0360. The minimum atomic E-state index is -1.15. The number of hydrogen-bond acceptors (Lipinski definition) is 7. The van der Waals surface area contributed by atoms with Crippen molar-refractivity contribution in [3.63, 3.8) is 0 Å². The first-order valence-corrected chi connectivity index (χ1v) is 16.3. The lowest BCUT2D eigenvalue weighted by molar-refractivity contribution is -0.134. The van der Waals surface area contributed by atoms with Crippen molar-refractivity contribution in [2.75, 3.05) is 6.54 Å². The van der Waals surface area contributed by atoms with Crippen LogP contribution in [0.25, 0.3) is 0 Å². The van der Waals surface area contributed by atoms with Gasteiger partial charge in [-0.05, 0) is 58.7 Å². The minimum Gasteiger partial charge on any atom is -0.370 e. The van der Waals surface area contributed by atoms with Gasteiger partial charge in [-0.3, -0.25) is 29.4 Å². The summed E-state index contributed by atoms with van der Waals surface area (Å²) in [6.07, 6.45) is 3.65. The highest BCUT2D eigenvalue weighted by atomic mass is 127. The average Bonchev–Trinajstić information content (AvgIpc) is 3.55. The third-order valence-corrected chi connectivity index (χ3v) is 7.94. The number of nitrogens with two attached hydrogens (primary N) is 2. The first-order chi connectivity index (χ1) is 22.9. The third-order valence-electron chi connectivity index (χ3n) is 7.22. The summed E-state index contributed by atoms with van der Waals surface area (Å²) in [5, 5.41) is 20.8. The van der Waals surface area contributed by atoms with Gasteiger partial charge in [-0.25, -0.2) is 4.98 Å². The molecular weight excluding hydrogens is 731 g/mol. The molecule has 3 aromatic rings. The Kier molecular flexibility index (Phi) is 14.8. The number of halogens is 1. The maximum atomic E-state index is 13.9. The number of benzene rings is 2. The van der Waals surface area contributed by atoms with E-state index in [0.717, 1.165) is 14.7 Å². The van der Waals surface area contributed by atoms with Gasteiger partial charge in [0.1, 0.15) is 24.2 Å². The van der Waals surface area contributed by atoms with Crippen LogP contribution in [0.5, 0.6) is 0 Å². The number of carbonyl (C=O) groups is 5.